The highest BCUT2D eigenvalue weighted by molar-refractivity contribution is 7.17. The Labute approximate surface area is 109 Å². The third kappa shape index (κ3) is 3.12. The zero-order valence-electron chi connectivity index (χ0n) is 10.1. The van der Waals surface area contributed by atoms with Crippen LogP contribution in [0.25, 0.3) is 0 Å². The van der Waals surface area contributed by atoms with Gasteiger partial charge < -0.3 is 20.9 Å². The van der Waals surface area contributed by atoms with Crippen LogP contribution < -0.4 is 16.2 Å². The molecule has 2 rings (SSSR count). The fourth-order valence-electron chi connectivity index (χ4n) is 1.45. The van der Waals surface area contributed by atoms with Gasteiger partial charge in [-0.15, -0.1) is 0 Å². The lowest BCUT2D eigenvalue weighted by Crippen LogP contribution is -1.97. The monoisotopic (exact) mass is 265 g/mol. The second kappa shape index (κ2) is 5.70. The Hall–Kier alpha value is -1.79. The molecule has 6 heteroatoms. The Bertz CT molecular complexity index is 528. The maximum absolute atomic E-state index is 5.76. The molecule has 0 amide bonds. The number of rotatable bonds is 5. The first-order valence-corrected chi connectivity index (χ1v) is 6.36. The van der Waals surface area contributed by atoms with Gasteiger partial charge in [0.1, 0.15) is 5.75 Å². The van der Waals surface area contributed by atoms with Crippen molar-refractivity contribution in [3.8, 4) is 10.8 Å². The highest BCUT2D eigenvalue weighted by Crippen LogP contribution is 2.32. The van der Waals surface area contributed by atoms with Crippen LogP contribution in [-0.2, 0) is 11.3 Å². The summed E-state index contributed by atoms with van der Waals surface area (Å²) < 4.78 is 11.1. The lowest BCUT2D eigenvalue weighted by Gasteiger charge is -2.10. The largest absolute Gasteiger partial charge is 0.445 e. The van der Waals surface area contributed by atoms with E-state index in [0.717, 1.165) is 5.56 Å². The van der Waals surface area contributed by atoms with E-state index < -0.39 is 0 Å². The molecule has 0 aliphatic carbocycles. The number of nitrogens with zero attached hydrogens (tertiary/aromatic N) is 1. The highest BCUT2D eigenvalue weighted by Gasteiger charge is 2.08. The predicted molar refractivity (Wildman–Crippen MR) is 72.8 cm³/mol. The molecular weight excluding hydrogens is 250 g/mol. The second-order valence-corrected chi connectivity index (χ2v) is 4.65. The van der Waals surface area contributed by atoms with Crippen LogP contribution in [0, 0.1) is 0 Å². The van der Waals surface area contributed by atoms with E-state index in [1.54, 1.807) is 12.3 Å². The van der Waals surface area contributed by atoms with Crippen molar-refractivity contribution in [1.29, 1.82) is 0 Å². The first kappa shape index (κ1) is 12.7. The van der Waals surface area contributed by atoms with Gasteiger partial charge in [-0.25, -0.2) is 4.98 Å². The van der Waals surface area contributed by atoms with Crippen molar-refractivity contribution in [3.05, 3.63) is 30.0 Å². The Balaban J connectivity index is 2.20. The van der Waals surface area contributed by atoms with Crippen molar-refractivity contribution in [2.24, 2.45) is 0 Å². The molecule has 0 aliphatic heterocycles. The van der Waals surface area contributed by atoms with E-state index in [-0.39, 0.29) is 0 Å². The van der Waals surface area contributed by atoms with Crippen LogP contribution in [0.4, 0.5) is 10.8 Å². The standard InChI is InChI=1S/C12H15N3O2S/c1-2-16-7-8-5-9(13)3-4-10(8)17-11-6-15-12(14)18-11/h3-6H,2,7,13H2,1H3,(H2,14,15). The lowest BCUT2D eigenvalue weighted by atomic mass is 10.2. The van der Waals surface area contributed by atoms with Crippen molar-refractivity contribution < 1.29 is 9.47 Å². The number of anilines is 2. The van der Waals surface area contributed by atoms with Crippen LogP contribution in [0.3, 0.4) is 0 Å². The van der Waals surface area contributed by atoms with E-state index in [4.69, 9.17) is 20.9 Å². The molecule has 1 aromatic heterocycles. The first-order chi connectivity index (χ1) is 8.69. The molecule has 0 fully saturated rings. The van der Waals surface area contributed by atoms with Crippen molar-refractivity contribution >= 4 is 22.2 Å². The Morgan fingerprint density at radius 2 is 2.17 bits per heavy atom. The van der Waals surface area contributed by atoms with Gasteiger partial charge in [-0.3, -0.25) is 0 Å². The summed E-state index contributed by atoms with van der Waals surface area (Å²) in [5.41, 5.74) is 12.9. The molecule has 0 atom stereocenters. The number of ether oxygens (including phenoxy) is 2. The van der Waals surface area contributed by atoms with Gasteiger partial charge in [0.15, 0.2) is 5.13 Å². The number of thiazole rings is 1. The van der Waals surface area contributed by atoms with Crippen LogP contribution in [0.2, 0.25) is 0 Å². The molecular formula is C12H15N3O2S. The van der Waals surface area contributed by atoms with E-state index in [9.17, 15) is 0 Å². The summed E-state index contributed by atoms with van der Waals surface area (Å²) in [6.45, 7) is 3.05. The van der Waals surface area contributed by atoms with E-state index in [1.165, 1.54) is 11.3 Å². The van der Waals surface area contributed by atoms with Gasteiger partial charge in [0.25, 0.3) is 0 Å². The summed E-state index contributed by atoms with van der Waals surface area (Å²) in [6, 6.07) is 5.45. The van der Waals surface area contributed by atoms with Crippen LogP contribution >= 0.6 is 11.3 Å². The third-order valence-corrected chi connectivity index (χ3v) is 2.96. The molecule has 0 saturated heterocycles. The Morgan fingerprint density at radius 1 is 1.33 bits per heavy atom. The molecule has 18 heavy (non-hydrogen) atoms. The van der Waals surface area contributed by atoms with Gasteiger partial charge in [-0.05, 0) is 25.1 Å². The van der Waals surface area contributed by atoms with Gasteiger partial charge in [-0.2, -0.15) is 0 Å². The summed E-state index contributed by atoms with van der Waals surface area (Å²) in [4.78, 5) is 3.94. The quantitative estimate of drug-likeness (QED) is 0.812. The maximum Gasteiger partial charge on any atom is 0.202 e. The van der Waals surface area contributed by atoms with Crippen molar-refractivity contribution in [2.45, 2.75) is 13.5 Å². The number of aromatic nitrogens is 1. The molecule has 1 heterocycles. The van der Waals surface area contributed by atoms with Gasteiger partial charge in [0, 0.05) is 17.9 Å². The summed E-state index contributed by atoms with van der Waals surface area (Å²) in [5.74, 6) is 0.710. The molecule has 0 spiro atoms. The van der Waals surface area contributed by atoms with E-state index in [0.29, 0.717) is 34.8 Å². The zero-order chi connectivity index (χ0) is 13.0. The number of hydrogen-bond donors (Lipinski definition) is 2. The molecule has 4 N–H and O–H groups in total. The predicted octanol–water partition coefficient (Wildman–Crippen LogP) is 2.64. The summed E-state index contributed by atoms with van der Waals surface area (Å²) in [6.07, 6.45) is 1.60. The topological polar surface area (TPSA) is 83.4 Å². The second-order valence-electron chi connectivity index (χ2n) is 3.62. The Morgan fingerprint density at radius 3 is 2.83 bits per heavy atom. The van der Waals surface area contributed by atoms with Gasteiger partial charge in [0.05, 0.1) is 12.8 Å². The summed E-state index contributed by atoms with van der Waals surface area (Å²) >= 11 is 1.29. The van der Waals surface area contributed by atoms with Crippen molar-refractivity contribution in [3.63, 3.8) is 0 Å². The van der Waals surface area contributed by atoms with Crippen LogP contribution in [0.15, 0.2) is 24.4 Å². The molecule has 0 unspecified atom stereocenters. The van der Waals surface area contributed by atoms with Gasteiger partial charge in [-0.1, -0.05) is 11.3 Å². The molecule has 0 bridgehead atoms. The normalized spacial score (nSPS) is 10.5. The van der Waals surface area contributed by atoms with E-state index in [2.05, 4.69) is 4.98 Å². The smallest absolute Gasteiger partial charge is 0.202 e. The van der Waals surface area contributed by atoms with Crippen LogP contribution in [-0.4, -0.2) is 11.6 Å². The molecule has 1 aromatic carbocycles. The van der Waals surface area contributed by atoms with Crippen molar-refractivity contribution in [2.75, 3.05) is 18.1 Å². The number of benzene rings is 1. The molecule has 0 radical (unpaired) electrons. The summed E-state index contributed by atoms with van der Waals surface area (Å²) in [7, 11) is 0. The first-order valence-electron chi connectivity index (χ1n) is 5.54. The lowest BCUT2D eigenvalue weighted by molar-refractivity contribution is 0.132. The summed E-state index contributed by atoms with van der Waals surface area (Å²) in [5, 5.41) is 1.13. The number of hydrogen-bond acceptors (Lipinski definition) is 6. The van der Waals surface area contributed by atoms with E-state index >= 15 is 0 Å². The fraction of sp³-hybridized carbons (Fsp3) is 0.250. The SMILES string of the molecule is CCOCc1cc(N)ccc1Oc1cnc(N)s1. The third-order valence-electron chi connectivity index (χ3n) is 2.26. The highest BCUT2D eigenvalue weighted by atomic mass is 32.1. The average molecular weight is 265 g/mol. The zero-order valence-corrected chi connectivity index (χ0v) is 10.9. The van der Waals surface area contributed by atoms with E-state index in [1.807, 2.05) is 19.1 Å². The van der Waals surface area contributed by atoms with Crippen LogP contribution in [0.5, 0.6) is 10.8 Å². The molecule has 96 valence electrons. The minimum atomic E-state index is 0.463. The number of nitrogen functional groups attached to an aromatic ring is 2. The molecule has 2 aromatic rings. The Kier molecular flexibility index (Phi) is 4.01. The van der Waals surface area contributed by atoms with Gasteiger partial charge >= 0.3 is 0 Å². The minimum absolute atomic E-state index is 0.463. The van der Waals surface area contributed by atoms with Crippen LogP contribution in [0.1, 0.15) is 12.5 Å². The average Bonchev–Trinajstić information content (AvgIpc) is 2.75. The molecule has 0 saturated carbocycles. The van der Waals surface area contributed by atoms with Gasteiger partial charge in [0.2, 0.25) is 5.06 Å². The number of nitrogens with two attached hydrogens (primary N) is 2. The fourth-order valence-corrected chi connectivity index (χ4v) is 2.00. The maximum atomic E-state index is 5.76. The molecule has 5 nitrogen and oxygen atoms in total. The molecule has 0 aliphatic rings. The minimum Gasteiger partial charge on any atom is -0.445 e. The van der Waals surface area contributed by atoms with Crippen molar-refractivity contribution in [1.82, 2.24) is 4.98 Å².